The third-order valence-electron chi connectivity index (χ3n) is 1.64. The fourth-order valence-corrected chi connectivity index (χ4v) is 1.94. The van der Waals surface area contributed by atoms with Gasteiger partial charge in [0.05, 0.1) is 11.5 Å². The first-order chi connectivity index (χ1) is 7.25. The van der Waals surface area contributed by atoms with E-state index in [0.29, 0.717) is 6.54 Å². The monoisotopic (exact) mass is 229 g/mol. The van der Waals surface area contributed by atoms with E-state index in [-0.39, 0.29) is 6.61 Å². The van der Waals surface area contributed by atoms with Crippen LogP contribution in [0.3, 0.4) is 0 Å². The van der Waals surface area contributed by atoms with Crippen molar-refractivity contribution >= 4 is 11.0 Å². The normalized spacial score (nSPS) is 11.8. The molecule has 0 radical (unpaired) electrons. The molecule has 86 valence electrons. The van der Waals surface area contributed by atoms with Crippen LogP contribution in [0.2, 0.25) is 0 Å². The molecule has 1 unspecified atom stereocenters. The summed E-state index contributed by atoms with van der Waals surface area (Å²) in [6.07, 6.45) is 0. The maximum Gasteiger partial charge on any atom is 0.127 e. The summed E-state index contributed by atoms with van der Waals surface area (Å²) >= 11 is 0. The molecule has 0 heterocycles. The molecule has 0 aromatic heterocycles. The van der Waals surface area contributed by atoms with Gasteiger partial charge in [-0.3, -0.25) is 0 Å². The van der Waals surface area contributed by atoms with Crippen molar-refractivity contribution in [2.24, 2.45) is 0 Å². The number of aliphatic hydroxyl groups is 1. The van der Waals surface area contributed by atoms with E-state index < -0.39 is 11.0 Å². The van der Waals surface area contributed by atoms with Crippen LogP contribution in [-0.2, 0) is 11.0 Å². The lowest BCUT2D eigenvalue weighted by molar-refractivity contribution is 0.270. The van der Waals surface area contributed by atoms with Gasteiger partial charge in [-0.2, -0.15) is 0 Å². The molecule has 0 aliphatic heterocycles. The standard InChI is InChI=1S/C9H13NO2S.C2H6/c1-10(7-8-11)13(12)9-5-3-2-4-6-9;1-2/h2-6,11H,7-8H2,1H3;1-2H3. The molecule has 1 rings (SSSR count). The predicted octanol–water partition coefficient (Wildman–Crippen LogP) is 1.66. The Balaban J connectivity index is 0.000000921. The van der Waals surface area contributed by atoms with Crippen LogP contribution >= 0.6 is 0 Å². The molecule has 0 aliphatic rings. The van der Waals surface area contributed by atoms with Crippen LogP contribution in [0, 0.1) is 0 Å². The van der Waals surface area contributed by atoms with Gasteiger partial charge in [0, 0.05) is 13.6 Å². The Morgan fingerprint density at radius 2 is 1.80 bits per heavy atom. The zero-order valence-electron chi connectivity index (χ0n) is 9.51. The van der Waals surface area contributed by atoms with Crippen molar-refractivity contribution in [2.45, 2.75) is 18.7 Å². The summed E-state index contributed by atoms with van der Waals surface area (Å²) in [5.41, 5.74) is 0. The number of benzene rings is 1. The van der Waals surface area contributed by atoms with Gasteiger partial charge in [0.1, 0.15) is 11.0 Å². The maximum atomic E-state index is 11.7. The molecule has 0 spiro atoms. The van der Waals surface area contributed by atoms with Crippen LogP contribution in [0.5, 0.6) is 0 Å². The number of aliphatic hydroxyl groups excluding tert-OH is 1. The summed E-state index contributed by atoms with van der Waals surface area (Å²) in [5.74, 6) is 0. The number of rotatable bonds is 4. The summed E-state index contributed by atoms with van der Waals surface area (Å²) < 4.78 is 13.3. The predicted molar refractivity (Wildman–Crippen MR) is 63.9 cm³/mol. The van der Waals surface area contributed by atoms with Gasteiger partial charge in [0.25, 0.3) is 0 Å². The second-order valence-electron chi connectivity index (χ2n) is 2.64. The largest absolute Gasteiger partial charge is 0.395 e. The zero-order chi connectivity index (χ0) is 11.7. The number of nitrogens with zero attached hydrogens (tertiary/aromatic N) is 1. The Morgan fingerprint density at radius 3 is 2.27 bits per heavy atom. The molecule has 1 N–H and O–H groups in total. The van der Waals surface area contributed by atoms with Gasteiger partial charge in [-0.15, -0.1) is 0 Å². The van der Waals surface area contributed by atoms with Gasteiger partial charge in [0.15, 0.2) is 0 Å². The molecule has 4 heteroatoms. The molecule has 1 aromatic carbocycles. The Hall–Kier alpha value is -0.710. The summed E-state index contributed by atoms with van der Waals surface area (Å²) in [6.45, 7) is 4.44. The molecule has 0 saturated heterocycles. The van der Waals surface area contributed by atoms with Crippen LogP contribution in [0.4, 0.5) is 0 Å². The average molecular weight is 229 g/mol. The fourth-order valence-electron chi connectivity index (χ4n) is 0.941. The molecular formula is C11H19NO2S. The second-order valence-corrected chi connectivity index (χ2v) is 4.23. The lowest BCUT2D eigenvalue weighted by Gasteiger charge is -2.13. The van der Waals surface area contributed by atoms with Gasteiger partial charge in [0.2, 0.25) is 0 Å². The molecule has 3 nitrogen and oxygen atoms in total. The van der Waals surface area contributed by atoms with Crippen LogP contribution in [-0.4, -0.2) is 33.8 Å². The first-order valence-electron chi connectivity index (χ1n) is 5.04. The van der Waals surface area contributed by atoms with Crippen molar-refractivity contribution in [1.29, 1.82) is 0 Å². The van der Waals surface area contributed by atoms with Crippen LogP contribution in [0.15, 0.2) is 35.2 Å². The van der Waals surface area contributed by atoms with Crippen molar-refractivity contribution < 1.29 is 9.32 Å². The van der Waals surface area contributed by atoms with E-state index in [4.69, 9.17) is 5.11 Å². The molecule has 0 saturated carbocycles. The van der Waals surface area contributed by atoms with Crippen LogP contribution < -0.4 is 0 Å². The molecule has 0 amide bonds. The summed E-state index contributed by atoms with van der Waals surface area (Å²) in [7, 11) is 0.567. The van der Waals surface area contributed by atoms with E-state index >= 15 is 0 Å². The summed E-state index contributed by atoms with van der Waals surface area (Å²) in [5, 5.41) is 8.66. The lowest BCUT2D eigenvalue weighted by Crippen LogP contribution is -2.24. The van der Waals surface area contributed by atoms with E-state index in [1.807, 2.05) is 44.2 Å². The minimum absolute atomic E-state index is 0.0229. The molecule has 0 fully saturated rings. The smallest absolute Gasteiger partial charge is 0.127 e. The highest BCUT2D eigenvalue weighted by Crippen LogP contribution is 2.07. The van der Waals surface area contributed by atoms with Gasteiger partial charge in [-0.25, -0.2) is 8.51 Å². The van der Waals surface area contributed by atoms with E-state index in [1.165, 1.54) is 0 Å². The minimum atomic E-state index is -1.15. The van der Waals surface area contributed by atoms with Gasteiger partial charge in [-0.1, -0.05) is 32.0 Å². The Bertz CT molecular complexity index is 277. The molecular weight excluding hydrogens is 210 g/mol. The highest BCUT2D eigenvalue weighted by atomic mass is 32.2. The maximum absolute atomic E-state index is 11.7. The van der Waals surface area contributed by atoms with Crippen molar-refractivity contribution in [3.63, 3.8) is 0 Å². The number of hydrogen-bond acceptors (Lipinski definition) is 2. The van der Waals surface area contributed by atoms with E-state index in [1.54, 1.807) is 11.4 Å². The minimum Gasteiger partial charge on any atom is -0.395 e. The van der Waals surface area contributed by atoms with Gasteiger partial charge >= 0.3 is 0 Å². The van der Waals surface area contributed by atoms with Crippen LogP contribution in [0.25, 0.3) is 0 Å². The molecule has 1 aromatic rings. The molecule has 0 bridgehead atoms. The molecule has 0 aliphatic carbocycles. The van der Waals surface area contributed by atoms with Gasteiger partial charge < -0.3 is 5.11 Å². The highest BCUT2D eigenvalue weighted by molar-refractivity contribution is 7.82. The van der Waals surface area contributed by atoms with E-state index in [9.17, 15) is 4.21 Å². The highest BCUT2D eigenvalue weighted by Gasteiger charge is 2.08. The molecule has 1 atom stereocenters. The average Bonchev–Trinajstić information content (AvgIpc) is 2.32. The third-order valence-corrected chi connectivity index (χ3v) is 3.07. The first kappa shape index (κ1) is 14.3. The Kier molecular flexibility index (Phi) is 8.18. The fraction of sp³-hybridized carbons (Fsp3) is 0.455. The zero-order valence-corrected chi connectivity index (χ0v) is 10.3. The van der Waals surface area contributed by atoms with E-state index in [0.717, 1.165) is 4.90 Å². The number of hydrogen-bond donors (Lipinski definition) is 1. The van der Waals surface area contributed by atoms with Gasteiger partial charge in [-0.05, 0) is 12.1 Å². The number of likely N-dealkylation sites (N-methyl/N-ethyl adjacent to an activating group) is 1. The third kappa shape index (κ3) is 5.06. The quantitative estimate of drug-likeness (QED) is 0.853. The SMILES string of the molecule is CC.CN(CCO)S(=O)c1ccccc1. The topological polar surface area (TPSA) is 40.5 Å². The second kappa shape index (κ2) is 8.59. The Morgan fingerprint density at radius 1 is 1.27 bits per heavy atom. The molecule has 15 heavy (non-hydrogen) atoms. The van der Waals surface area contributed by atoms with Crippen molar-refractivity contribution in [3.05, 3.63) is 30.3 Å². The Labute approximate surface area is 94.3 Å². The summed E-state index contributed by atoms with van der Waals surface area (Å²) in [4.78, 5) is 0.762. The lowest BCUT2D eigenvalue weighted by atomic mass is 10.4. The summed E-state index contributed by atoms with van der Waals surface area (Å²) in [6, 6.07) is 9.20. The van der Waals surface area contributed by atoms with Crippen molar-refractivity contribution in [3.8, 4) is 0 Å². The van der Waals surface area contributed by atoms with Crippen molar-refractivity contribution in [2.75, 3.05) is 20.2 Å². The first-order valence-corrected chi connectivity index (χ1v) is 6.15. The van der Waals surface area contributed by atoms with Crippen LogP contribution in [0.1, 0.15) is 13.8 Å². The van der Waals surface area contributed by atoms with E-state index in [2.05, 4.69) is 0 Å². The van der Waals surface area contributed by atoms with Crippen molar-refractivity contribution in [1.82, 2.24) is 4.31 Å².